The molecule has 0 amide bonds. The molecule has 0 saturated carbocycles. The van der Waals surface area contributed by atoms with Gasteiger partial charge in [0.25, 0.3) is 0 Å². The molecule has 0 aliphatic carbocycles. The van der Waals surface area contributed by atoms with Gasteiger partial charge in [-0.3, -0.25) is 4.90 Å². The Morgan fingerprint density at radius 1 is 1.07 bits per heavy atom. The van der Waals surface area contributed by atoms with Crippen molar-refractivity contribution in [3.05, 3.63) is 70.4 Å². The summed E-state index contributed by atoms with van der Waals surface area (Å²) < 4.78 is 30.5. The topological polar surface area (TPSA) is 19.0 Å². The van der Waals surface area contributed by atoms with Gasteiger partial charge in [0.2, 0.25) is 0 Å². The number of halogens is 2. The van der Waals surface area contributed by atoms with E-state index in [0.29, 0.717) is 11.5 Å². The highest BCUT2D eigenvalue weighted by molar-refractivity contribution is 5.85. The predicted octanol–water partition coefficient (Wildman–Crippen LogP) is 6.17. The van der Waals surface area contributed by atoms with Gasteiger partial charge >= 0.3 is 0 Å². The van der Waals surface area contributed by atoms with Crippen LogP contribution in [-0.2, 0) is 6.42 Å². The van der Waals surface area contributed by atoms with Crippen LogP contribution in [0, 0.1) is 17.6 Å². The molecule has 2 heterocycles. The van der Waals surface area contributed by atoms with E-state index in [9.17, 15) is 0 Å². The summed E-state index contributed by atoms with van der Waals surface area (Å²) in [5, 5.41) is 1.16. The van der Waals surface area contributed by atoms with E-state index < -0.39 is 17.7 Å². The number of hydrogen-bond donors (Lipinski definition) is 1. The molecule has 0 saturated heterocycles. The lowest BCUT2D eigenvalue weighted by molar-refractivity contribution is 0.181. The quantitative estimate of drug-likeness (QED) is 0.571. The van der Waals surface area contributed by atoms with Gasteiger partial charge in [0.1, 0.15) is 11.6 Å². The maximum absolute atomic E-state index is 15.2. The van der Waals surface area contributed by atoms with Gasteiger partial charge in [-0.05, 0) is 47.6 Å². The number of rotatable bonds is 4. The lowest BCUT2D eigenvalue weighted by Gasteiger charge is -2.37. The van der Waals surface area contributed by atoms with Crippen LogP contribution in [0.4, 0.5) is 8.78 Å². The average Bonchev–Trinajstić information content (AvgIpc) is 3.00. The zero-order chi connectivity index (χ0) is 20.0. The standard InChI is InChI=1S/C24H28F2N2/c1-14(2)13-28-10-9-18-17-7-5-6-8-21(17)27-23(18)24(28)22-19(25)11-16(15(3)4)12-20(22)26/h5-8,11-12,14-15,24,27H,9-10,13H2,1-4H3. The molecule has 28 heavy (non-hydrogen) atoms. The van der Waals surface area contributed by atoms with Gasteiger partial charge in [-0.25, -0.2) is 8.78 Å². The Kier molecular flexibility index (Phi) is 5.00. The van der Waals surface area contributed by atoms with Crippen LogP contribution < -0.4 is 0 Å². The van der Waals surface area contributed by atoms with E-state index in [1.165, 1.54) is 17.7 Å². The fraction of sp³-hybridized carbons (Fsp3) is 0.417. The molecule has 1 atom stereocenters. The lowest BCUT2D eigenvalue weighted by atomic mass is 9.89. The number of aromatic nitrogens is 1. The Hall–Kier alpha value is -2.20. The van der Waals surface area contributed by atoms with E-state index in [1.54, 1.807) is 0 Å². The van der Waals surface area contributed by atoms with E-state index >= 15 is 8.78 Å². The minimum absolute atomic E-state index is 0.0832. The summed E-state index contributed by atoms with van der Waals surface area (Å²) in [5.74, 6) is -0.405. The molecular formula is C24H28F2N2. The highest BCUT2D eigenvalue weighted by atomic mass is 19.1. The first-order valence-corrected chi connectivity index (χ1v) is 10.2. The fourth-order valence-electron chi connectivity index (χ4n) is 4.48. The first-order valence-electron chi connectivity index (χ1n) is 10.2. The van der Waals surface area contributed by atoms with Crippen LogP contribution in [0.1, 0.15) is 62.0 Å². The Bertz CT molecular complexity index is 980. The minimum Gasteiger partial charge on any atom is -0.357 e. The van der Waals surface area contributed by atoms with Gasteiger partial charge in [-0.1, -0.05) is 45.9 Å². The van der Waals surface area contributed by atoms with Crippen molar-refractivity contribution in [2.75, 3.05) is 13.1 Å². The molecule has 148 valence electrons. The third-order valence-corrected chi connectivity index (χ3v) is 5.78. The van der Waals surface area contributed by atoms with Gasteiger partial charge in [0, 0.05) is 35.2 Å². The molecule has 1 unspecified atom stereocenters. The van der Waals surface area contributed by atoms with Crippen molar-refractivity contribution in [2.24, 2.45) is 5.92 Å². The Labute approximate surface area is 165 Å². The van der Waals surface area contributed by atoms with Crippen molar-refractivity contribution < 1.29 is 8.78 Å². The van der Waals surface area contributed by atoms with Crippen LogP contribution in [-0.4, -0.2) is 23.0 Å². The Morgan fingerprint density at radius 2 is 1.75 bits per heavy atom. The van der Waals surface area contributed by atoms with Crippen molar-refractivity contribution in [2.45, 2.75) is 46.1 Å². The highest BCUT2D eigenvalue weighted by Crippen LogP contribution is 2.41. The molecule has 1 aliphatic heterocycles. The number of nitrogens with one attached hydrogen (secondary N) is 1. The zero-order valence-electron chi connectivity index (χ0n) is 17.0. The Balaban J connectivity index is 1.91. The average molecular weight is 382 g/mol. The third-order valence-electron chi connectivity index (χ3n) is 5.78. The van der Waals surface area contributed by atoms with E-state index in [0.717, 1.165) is 36.1 Å². The molecule has 3 aromatic rings. The van der Waals surface area contributed by atoms with Crippen LogP contribution in [0.15, 0.2) is 36.4 Å². The summed E-state index contributed by atoms with van der Waals surface area (Å²) in [6.07, 6.45) is 0.885. The molecule has 0 spiro atoms. The summed E-state index contributed by atoms with van der Waals surface area (Å²) in [5.41, 5.74) is 4.01. The van der Waals surface area contributed by atoms with Crippen molar-refractivity contribution in [3.8, 4) is 0 Å². The molecule has 2 nitrogen and oxygen atoms in total. The van der Waals surface area contributed by atoms with Gasteiger partial charge in [-0.15, -0.1) is 0 Å². The van der Waals surface area contributed by atoms with Crippen molar-refractivity contribution in [1.29, 1.82) is 0 Å². The van der Waals surface area contributed by atoms with Crippen LogP contribution in [0.2, 0.25) is 0 Å². The molecular weight excluding hydrogens is 354 g/mol. The normalized spacial score (nSPS) is 17.6. The van der Waals surface area contributed by atoms with E-state index in [4.69, 9.17) is 0 Å². The first kappa shape index (κ1) is 19.1. The number of fused-ring (bicyclic) bond motifs is 3. The summed E-state index contributed by atoms with van der Waals surface area (Å²) in [4.78, 5) is 5.71. The number of nitrogens with zero attached hydrogens (tertiary/aromatic N) is 1. The van der Waals surface area contributed by atoms with Crippen molar-refractivity contribution >= 4 is 10.9 Å². The van der Waals surface area contributed by atoms with E-state index in [-0.39, 0.29) is 11.5 Å². The number of aromatic amines is 1. The van der Waals surface area contributed by atoms with Crippen LogP contribution in [0.3, 0.4) is 0 Å². The smallest absolute Gasteiger partial charge is 0.131 e. The molecule has 0 radical (unpaired) electrons. The first-order chi connectivity index (χ1) is 13.4. The largest absolute Gasteiger partial charge is 0.357 e. The van der Waals surface area contributed by atoms with Crippen LogP contribution in [0.5, 0.6) is 0 Å². The SMILES string of the molecule is CC(C)CN1CCc2c([nH]c3ccccc23)C1c1c(F)cc(C(C)C)cc1F. The highest BCUT2D eigenvalue weighted by Gasteiger charge is 2.35. The second-order valence-corrected chi connectivity index (χ2v) is 8.66. The number of benzene rings is 2. The maximum atomic E-state index is 15.2. The molecule has 0 fully saturated rings. The zero-order valence-corrected chi connectivity index (χ0v) is 17.0. The molecule has 4 rings (SSSR count). The summed E-state index contributed by atoms with van der Waals surface area (Å²) in [6, 6.07) is 10.7. The fourth-order valence-corrected chi connectivity index (χ4v) is 4.48. The van der Waals surface area contributed by atoms with Gasteiger partial charge in [0.15, 0.2) is 0 Å². The maximum Gasteiger partial charge on any atom is 0.131 e. The van der Waals surface area contributed by atoms with E-state index in [1.807, 2.05) is 32.0 Å². The molecule has 1 N–H and O–H groups in total. The van der Waals surface area contributed by atoms with Crippen LogP contribution >= 0.6 is 0 Å². The number of para-hydroxylation sites is 1. The number of hydrogen-bond acceptors (Lipinski definition) is 1. The lowest BCUT2D eigenvalue weighted by Crippen LogP contribution is -2.39. The summed E-state index contributed by atoms with van der Waals surface area (Å²) in [6.45, 7) is 9.79. The second kappa shape index (κ2) is 7.32. The van der Waals surface area contributed by atoms with Gasteiger partial charge in [0.05, 0.1) is 6.04 Å². The third kappa shape index (κ3) is 3.24. The molecule has 1 aromatic heterocycles. The van der Waals surface area contributed by atoms with Crippen molar-refractivity contribution in [1.82, 2.24) is 9.88 Å². The monoisotopic (exact) mass is 382 g/mol. The summed E-state index contributed by atoms with van der Waals surface area (Å²) in [7, 11) is 0. The minimum atomic E-state index is -0.450. The van der Waals surface area contributed by atoms with Gasteiger partial charge < -0.3 is 4.98 Å². The summed E-state index contributed by atoms with van der Waals surface area (Å²) >= 11 is 0. The Morgan fingerprint density at radius 3 is 2.39 bits per heavy atom. The molecule has 0 bridgehead atoms. The molecule has 1 aliphatic rings. The van der Waals surface area contributed by atoms with Gasteiger partial charge in [-0.2, -0.15) is 0 Å². The molecule has 2 aromatic carbocycles. The van der Waals surface area contributed by atoms with Crippen LogP contribution in [0.25, 0.3) is 10.9 Å². The predicted molar refractivity (Wildman–Crippen MR) is 111 cm³/mol. The van der Waals surface area contributed by atoms with E-state index in [2.05, 4.69) is 29.8 Å². The van der Waals surface area contributed by atoms with Crippen molar-refractivity contribution in [3.63, 3.8) is 0 Å². The number of H-pyrrole nitrogens is 1. The second-order valence-electron chi connectivity index (χ2n) is 8.66. The molecule has 4 heteroatoms.